The topological polar surface area (TPSA) is 30.5 Å². The molecule has 1 saturated heterocycles. The average Bonchev–Trinajstić information content (AvgIpc) is 2.41. The number of benzene rings is 1. The van der Waals surface area contributed by atoms with Crippen molar-refractivity contribution >= 4 is 0 Å². The first-order valence-corrected chi connectivity index (χ1v) is 6.38. The molecule has 1 N–H and O–H groups in total. The predicted molar refractivity (Wildman–Crippen MR) is 68.8 cm³/mol. The van der Waals surface area contributed by atoms with Gasteiger partial charge >= 0.3 is 0 Å². The van der Waals surface area contributed by atoms with E-state index in [4.69, 9.17) is 9.47 Å². The number of nitrogens with one attached hydrogen (secondary N) is 1. The van der Waals surface area contributed by atoms with E-state index < -0.39 is 0 Å². The van der Waals surface area contributed by atoms with Gasteiger partial charge < -0.3 is 14.8 Å². The highest BCUT2D eigenvalue weighted by Crippen LogP contribution is 2.30. The van der Waals surface area contributed by atoms with Crippen LogP contribution in [0.4, 0.5) is 4.39 Å². The maximum atomic E-state index is 13.9. The lowest BCUT2D eigenvalue weighted by Gasteiger charge is -2.24. The van der Waals surface area contributed by atoms with Gasteiger partial charge in [-0.15, -0.1) is 0 Å². The van der Waals surface area contributed by atoms with Crippen LogP contribution in [0.5, 0.6) is 11.5 Å². The van der Waals surface area contributed by atoms with Crippen molar-refractivity contribution in [1.82, 2.24) is 5.32 Å². The Morgan fingerprint density at radius 2 is 1.94 bits per heavy atom. The summed E-state index contributed by atoms with van der Waals surface area (Å²) in [6.45, 7) is 1.03. The maximum Gasteiger partial charge on any atom is 0.163 e. The van der Waals surface area contributed by atoms with Crippen LogP contribution in [0, 0.1) is 5.82 Å². The Balaban J connectivity index is 2.16. The van der Waals surface area contributed by atoms with Crippen LogP contribution in [0.2, 0.25) is 0 Å². The van der Waals surface area contributed by atoms with Crippen LogP contribution in [0.15, 0.2) is 12.1 Å². The van der Waals surface area contributed by atoms with Gasteiger partial charge in [0.1, 0.15) is 5.82 Å². The summed E-state index contributed by atoms with van der Waals surface area (Å²) in [7, 11) is 3.08. The van der Waals surface area contributed by atoms with E-state index in [1.165, 1.54) is 26.0 Å². The second-order valence-corrected chi connectivity index (χ2v) is 4.65. The van der Waals surface area contributed by atoms with Crippen molar-refractivity contribution in [2.45, 2.75) is 31.7 Å². The van der Waals surface area contributed by atoms with E-state index in [1.807, 2.05) is 0 Å². The fourth-order valence-corrected chi connectivity index (χ4v) is 2.42. The summed E-state index contributed by atoms with van der Waals surface area (Å²) < 4.78 is 24.2. The summed E-state index contributed by atoms with van der Waals surface area (Å²) in [5, 5.41) is 3.42. The van der Waals surface area contributed by atoms with E-state index in [0.717, 1.165) is 13.0 Å². The van der Waals surface area contributed by atoms with Crippen molar-refractivity contribution in [1.29, 1.82) is 0 Å². The van der Waals surface area contributed by atoms with Crippen LogP contribution >= 0.6 is 0 Å². The van der Waals surface area contributed by atoms with Crippen molar-refractivity contribution in [3.05, 3.63) is 23.5 Å². The summed E-state index contributed by atoms with van der Waals surface area (Å²) in [6, 6.07) is 3.51. The molecule has 1 aromatic rings. The molecule has 1 aromatic carbocycles. The van der Waals surface area contributed by atoms with Crippen molar-refractivity contribution < 1.29 is 13.9 Å². The molecule has 1 unspecified atom stereocenters. The fraction of sp³-hybridized carbons (Fsp3) is 0.571. The zero-order valence-corrected chi connectivity index (χ0v) is 11.0. The van der Waals surface area contributed by atoms with Gasteiger partial charge in [-0.2, -0.15) is 0 Å². The van der Waals surface area contributed by atoms with Gasteiger partial charge in [0.2, 0.25) is 0 Å². The van der Waals surface area contributed by atoms with E-state index in [1.54, 1.807) is 13.2 Å². The number of hydrogen-bond donors (Lipinski definition) is 1. The molecule has 0 aliphatic carbocycles. The zero-order chi connectivity index (χ0) is 13.0. The van der Waals surface area contributed by atoms with Gasteiger partial charge in [-0.05, 0) is 37.4 Å². The summed E-state index contributed by atoms with van der Waals surface area (Å²) in [5.41, 5.74) is 0.687. The van der Waals surface area contributed by atoms with Crippen LogP contribution < -0.4 is 14.8 Å². The van der Waals surface area contributed by atoms with Gasteiger partial charge in [-0.1, -0.05) is 6.42 Å². The first kappa shape index (κ1) is 13.1. The lowest BCUT2D eigenvalue weighted by molar-refractivity contribution is 0.349. The molecule has 0 saturated carbocycles. The first-order valence-electron chi connectivity index (χ1n) is 6.38. The first-order chi connectivity index (χ1) is 8.74. The fourth-order valence-electron chi connectivity index (χ4n) is 2.42. The summed E-state index contributed by atoms with van der Waals surface area (Å²) in [6.07, 6.45) is 4.23. The number of ether oxygens (including phenoxy) is 2. The van der Waals surface area contributed by atoms with E-state index in [0.29, 0.717) is 29.5 Å². The van der Waals surface area contributed by atoms with Crippen molar-refractivity contribution in [2.24, 2.45) is 0 Å². The van der Waals surface area contributed by atoms with E-state index in [2.05, 4.69) is 5.32 Å². The molecule has 0 aromatic heterocycles. The Labute approximate surface area is 107 Å². The number of hydrogen-bond acceptors (Lipinski definition) is 3. The number of methoxy groups -OCH3 is 2. The highest BCUT2D eigenvalue weighted by Gasteiger charge is 2.17. The molecular formula is C14H20FNO2. The van der Waals surface area contributed by atoms with E-state index in [9.17, 15) is 4.39 Å². The van der Waals surface area contributed by atoms with Crippen LogP contribution in [-0.2, 0) is 6.42 Å². The largest absolute Gasteiger partial charge is 0.493 e. The highest BCUT2D eigenvalue weighted by atomic mass is 19.1. The van der Waals surface area contributed by atoms with Crippen LogP contribution in [0.1, 0.15) is 24.8 Å². The smallest absolute Gasteiger partial charge is 0.163 e. The Kier molecular flexibility index (Phi) is 4.42. The third kappa shape index (κ3) is 2.93. The standard InChI is InChI=1S/C14H20FNO2/c1-17-13-8-10(12(15)9-14(13)18-2)7-11-5-3-4-6-16-11/h8-9,11,16H,3-7H2,1-2H3. The molecule has 0 bridgehead atoms. The van der Waals surface area contributed by atoms with Crippen molar-refractivity contribution in [2.75, 3.05) is 20.8 Å². The Morgan fingerprint density at radius 3 is 2.56 bits per heavy atom. The van der Waals surface area contributed by atoms with Gasteiger partial charge in [-0.25, -0.2) is 4.39 Å². The Hall–Kier alpha value is -1.29. The van der Waals surface area contributed by atoms with Gasteiger partial charge in [0, 0.05) is 12.1 Å². The van der Waals surface area contributed by atoms with Gasteiger partial charge in [0.25, 0.3) is 0 Å². The van der Waals surface area contributed by atoms with Gasteiger partial charge in [-0.3, -0.25) is 0 Å². The van der Waals surface area contributed by atoms with Crippen LogP contribution in [0.3, 0.4) is 0 Å². The second-order valence-electron chi connectivity index (χ2n) is 4.65. The molecule has 3 nitrogen and oxygen atoms in total. The van der Waals surface area contributed by atoms with Gasteiger partial charge in [0.15, 0.2) is 11.5 Å². The third-order valence-corrected chi connectivity index (χ3v) is 3.43. The average molecular weight is 253 g/mol. The quantitative estimate of drug-likeness (QED) is 0.894. The maximum absolute atomic E-state index is 13.9. The lowest BCUT2D eigenvalue weighted by Crippen LogP contribution is -2.35. The van der Waals surface area contributed by atoms with E-state index in [-0.39, 0.29) is 5.82 Å². The molecule has 2 rings (SSSR count). The third-order valence-electron chi connectivity index (χ3n) is 3.43. The minimum atomic E-state index is -0.222. The molecular weight excluding hydrogens is 233 g/mol. The Bertz CT molecular complexity index is 403. The van der Waals surface area contributed by atoms with Crippen LogP contribution in [-0.4, -0.2) is 26.8 Å². The predicted octanol–water partition coefficient (Wildman–Crippen LogP) is 2.53. The molecule has 0 radical (unpaired) electrons. The minimum Gasteiger partial charge on any atom is -0.493 e. The molecule has 1 fully saturated rings. The molecule has 0 spiro atoms. The SMILES string of the molecule is COc1cc(F)c(CC2CCCCN2)cc1OC. The molecule has 100 valence electrons. The van der Waals surface area contributed by atoms with Crippen LogP contribution in [0.25, 0.3) is 0 Å². The summed E-state index contributed by atoms with van der Waals surface area (Å²) in [5.74, 6) is 0.806. The number of halogens is 1. The molecule has 1 aliphatic heterocycles. The lowest BCUT2D eigenvalue weighted by atomic mass is 9.97. The molecule has 4 heteroatoms. The zero-order valence-electron chi connectivity index (χ0n) is 11.0. The molecule has 1 atom stereocenters. The van der Waals surface area contributed by atoms with E-state index >= 15 is 0 Å². The monoisotopic (exact) mass is 253 g/mol. The number of piperidine rings is 1. The normalized spacial score (nSPS) is 19.6. The minimum absolute atomic E-state index is 0.222. The Morgan fingerprint density at radius 1 is 1.22 bits per heavy atom. The molecule has 18 heavy (non-hydrogen) atoms. The molecule has 1 heterocycles. The highest BCUT2D eigenvalue weighted by molar-refractivity contribution is 5.44. The summed E-state index contributed by atoms with van der Waals surface area (Å²) in [4.78, 5) is 0. The number of rotatable bonds is 4. The summed E-state index contributed by atoms with van der Waals surface area (Å²) >= 11 is 0. The van der Waals surface area contributed by atoms with Crippen molar-refractivity contribution in [3.8, 4) is 11.5 Å². The van der Waals surface area contributed by atoms with Crippen molar-refractivity contribution in [3.63, 3.8) is 0 Å². The second kappa shape index (κ2) is 6.05. The molecule has 1 aliphatic rings. The van der Waals surface area contributed by atoms with Gasteiger partial charge in [0.05, 0.1) is 14.2 Å². The molecule has 0 amide bonds.